The van der Waals surface area contributed by atoms with Crippen LogP contribution in [0.3, 0.4) is 0 Å². The smallest absolute Gasteiger partial charge is 0 e. The monoisotopic (exact) mass is 512 g/mol. The van der Waals surface area contributed by atoms with E-state index in [1.54, 1.807) is 0 Å². The molecule has 0 aromatic rings. The number of hydrogen-bond acceptors (Lipinski definition) is 4. The first-order chi connectivity index (χ1) is 3.46. The van der Waals surface area contributed by atoms with Crippen molar-refractivity contribution < 1.29 is 62.3 Å². The average Bonchev–Trinajstić information content (AvgIpc) is 1.25. The van der Waals surface area contributed by atoms with E-state index in [2.05, 4.69) is 0 Å². The molecule has 0 aromatic carbocycles. The molecule has 0 spiro atoms. The van der Waals surface area contributed by atoms with Gasteiger partial charge in [0.05, 0.1) is 0 Å². The Balaban J connectivity index is -0.0000000300. The van der Waals surface area contributed by atoms with Crippen molar-refractivity contribution in [1.29, 1.82) is 0 Å². The van der Waals surface area contributed by atoms with Crippen LogP contribution in [-0.4, -0.2) is 37.4 Å². The maximum atomic E-state index is 8.65. The molecule has 0 aliphatic carbocycles. The second kappa shape index (κ2) is 17.0. The van der Waals surface area contributed by atoms with E-state index in [1.165, 1.54) is 0 Å². The van der Waals surface area contributed by atoms with Crippen LogP contribution in [0.5, 0.6) is 0 Å². The predicted molar refractivity (Wildman–Crippen MR) is 17.3 cm³/mol. The van der Waals surface area contributed by atoms with Gasteiger partial charge in [-0.25, -0.2) is 0 Å². The molecule has 0 heterocycles. The van der Waals surface area contributed by atoms with E-state index in [0.717, 1.165) is 0 Å². The molecule has 2 N–H and O–H groups in total. The molecule has 69 valence electrons. The van der Waals surface area contributed by atoms with E-state index in [1.807, 2.05) is 0 Å². The van der Waals surface area contributed by atoms with Crippen LogP contribution in [0.4, 0.5) is 0 Å². The second-order valence-electron chi connectivity index (χ2n) is 0.434. The molecule has 6 nitrogen and oxygen atoms in total. The molecule has 0 amide bonds. The molecule has 10 heavy (non-hydrogen) atoms. The Hall–Kier alpha value is 1.67. The van der Waals surface area contributed by atoms with E-state index in [4.69, 9.17) is 24.4 Å². The summed E-state index contributed by atoms with van der Waals surface area (Å²) in [4.78, 5) is 0. The van der Waals surface area contributed by atoms with Crippen LogP contribution in [0.15, 0.2) is 0 Å². The summed E-state index contributed by atoms with van der Waals surface area (Å²) in [5.74, 6) is 0. The average molecular weight is 510 g/mol. The van der Waals surface area contributed by atoms with Crippen LogP contribution < -0.4 is 8.38 Å². The Kier molecular flexibility index (Phi) is 38.3. The molecule has 1 radical (unpaired) electrons. The van der Waals surface area contributed by atoms with E-state index in [9.17, 15) is 0 Å². The maximum absolute atomic E-state index is 8.65. The summed E-state index contributed by atoms with van der Waals surface area (Å²) in [7, 11) is 0. The van der Waals surface area contributed by atoms with Crippen LogP contribution in [-0.2, 0) is 45.5 Å². The number of rotatable bonds is 0. The molecule has 0 saturated carbocycles. The minimum atomic E-state index is -3.54. The third-order valence-electron chi connectivity index (χ3n) is 0. The molecule has 2 atom stereocenters. The molecule has 0 aromatic heterocycles. The molecule has 0 aliphatic heterocycles. The molecule has 0 saturated heterocycles. The first-order valence-electron chi connectivity index (χ1n) is 1.03. The summed E-state index contributed by atoms with van der Waals surface area (Å²) in [5.41, 5.74) is 0. The van der Waals surface area contributed by atoms with Gasteiger partial charge < -0.3 is 0 Å². The van der Waals surface area contributed by atoms with Crippen LogP contribution in [0, 0.1) is 0 Å². The zero-order chi connectivity index (χ0) is 7.15. The molecule has 0 aliphatic rings. The van der Waals surface area contributed by atoms with Crippen LogP contribution in [0.1, 0.15) is 0 Å². The van der Waals surface area contributed by atoms with Gasteiger partial charge in [0.1, 0.15) is 0 Å². The predicted octanol–water partition coefficient (Wildman–Crippen LogP) is -4.50. The van der Waals surface area contributed by atoms with E-state index in [0.29, 0.717) is 0 Å². The van der Waals surface area contributed by atoms with Crippen molar-refractivity contribution in [1.82, 2.24) is 0 Å². The normalized spacial score (nSPS) is 12.4. The van der Waals surface area contributed by atoms with Gasteiger partial charge in [-0.2, -0.15) is 0 Å². The Morgan fingerprint density at radius 1 is 1.00 bits per heavy atom. The van der Waals surface area contributed by atoms with Gasteiger partial charge in [0.2, 0.25) is 0 Å². The minimum absolute atomic E-state index is 0. The second-order valence-corrected chi connectivity index (χ2v) is 2.26. The van der Waals surface area contributed by atoms with Gasteiger partial charge in [-0.3, -0.25) is 0 Å². The van der Waals surface area contributed by atoms with Gasteiger partial charge in [0.15, 0.2) is 0 Å². The molecular weight excluding hydrogens is 508 g/mol. The van der Waals surface area contributed by atoms with E-state index < -0.39 is 29.0 Å². The largest absolute Gasteiger partial charge is 2.00 e. The van der Waals surface area contributed by atoms with Gasteiger partial charge >= 0.3 is 70.2 Å². The molecule has 0 fully saturated rings. The summed E-state index contributed by atoms with van der Waals surface area (Å²) in [6, 6.07) is 0. The van der Waals surface area contributed by atoms with Gasteiger partial charge in [0.25, 0.3) is 0 Å². The molecule has 0 rings (SSSR count). The molecular formula is H2CoO6PtSe2. The Bertz CT molecular complexity index is 73.7. The third-order valence-corrected chi connectivity index (χ3v) is 0. The van der Waals surface area contributed by atoms with Crippen LogP contribution in [0.2, 0.25) is 0 Å². The van der Waals surface area contributed by atoms with Crippen molar-refractivity contribution in [2.75, 3.05) is 0 Å². The summed E-state index contributed by atoms with van der Waals surface area (Å²) in [6.07, 6.45) is 0. The van der Waals surface area contributed by atoms with Crippen molar-refractivity contribution in [2.24, 2.45) is 0 Å². The third kappa shape index (κ3) is 260. The van der Waals surface area contributed by atoms with Crippen molar-refractivity contribution in [2.45, 2.75) is 0 Å². The summed E-state index contributed by atoms with van der Waals surface area (Å²) >= 11 is -7.08. The van der Waals surface area contributed by atoms with Crippen molar-refractivity contribution in [3.05, 3.63) is 0 Å². The zero-order valence-electron chi connectivity index (χ0n) is 3.99. The van der Waals surface area contributed by atoms with Crippen molar-refractivity contribution in [3.63, 3.8) is 0 Å². The maximum Gasteiger partial charge on any atom is 2.00 e. The summed E-state index contributed by atoms with van der Waals surface area (Å²) in [6.45, 7) is 0. The van der Waals surface area contributed by atoms with Crippen LogP contribution in [0.25, 0.3) is 0 Å². The quantitative estimate of drug-likeness (QED) is 0.318. The van der Waals surface area contributed by atoms with Crippen molar-refractivity contribution in [3.8, 4) is 0 Å². The van der Waals surface area contributed by atoms with E-state index in [-0.39, 0.29) is 37.8 Å². The summed E-state index contributed by atoms with van der Waals surface area (Å²) < 4.78 is 48.8. The minimum Gasteiger partial charge on any atom is 0 e. The fraction of sp³-hybridized carbons (Fsp3) is 0. The SMILES string of the molecule is O=[Se]([O-])O.O=[Se]([O-])O.[Co+2].[Pt]. The van der Waals surface area contributed by atoms with Gasteiger partial charge in [-0.05, 0) is 0 Å². The fourth-order valence-corrected chi connectivity index (χ4v) is 0. The van der Waals surface area contributed by atoms with Gasteiger partial charge in [-0.1, -0.05) is 0 Å². The first kappa shape index (κ1) is 22.6. The Morgan fingerprint density at radius 3 is 1.00 bits per heavy atom. The van der Waals surface area contributed by atoms with E-state index >= 15 is 0 Å². The number of hydrogen-bond donors (Lipinski definition) is 2. The first-order valence-corrected chi connectivity index (χ1v) is 5.36. The zero-order valence-corrected chi connectivity index (χ0v) is 10.7. The summed E-state index contributed by atoms with van der Waals surface area (Å²) in [5, 5.41) is 0. The molecule has 0 bridgehead atoms. The van der Waals surface area contributed by atoms with Crippen LogP contribution >= 0.6 is 0 Å². The van der Waals surface area contributed by atoms with Gasteiger partial charge in [0, 0.05) is 21.1 Å². The van der Waals surface area contributed by atoms with Gasteiger partial charge in [-0.15, -0.1) is 0 Å². The standard InChI is InChI=1S/Co.2H2O3Se.Pt/c;2*1-4(2)3;/h;2*(H2,1,2,3);/q+2;;;/p-2. The molecule has 10 heteroatoms. The molecule has 2 unspecified atom stereocenters. The Labute approximate surface area is 90.6 Å². The van der Waals surface area contributed by atoms with Crippen molar-refractivity contribution >= 4 is 29.0 Å². The fourth-order valence-electron chi connectivity index (χ4n) is 0. The topological polar surface area (TPSA) is 121 Å². The Morgan fingerprint density at radius 2 is 1.00 bits per heavy atom.